The van der Waals surface area contributed by atoms with Gasteiger partial charge >= 0.3 is 0 Å². The number of rotatable bonds is 3. The Morgan fingerprint density at radius 3 is 2.47 bits per heavy atom. The molecule has 3 unspecified atom stereocenters. The van der Waals surface area contributed by atoms with E-state index in [0.717, 1.165) is 12.1 Å². The fourth-order valence-corrected chi connectivity index (χ4v) is 3.95. The van der Waals surface area contributed by atoms with Gasteiger partial charge in [-0.05, 0) is 52.5 Å². The zero-order valence-electron chi connectivity index (χ0n) is 11.9. The second-order valence-electron chi connectivity index (χ2n) is 6.27. The average Bonchev–Trinajstić information content (AvgIpc) is 2.29. The lowest BCUT2D eigenvalue weighted by molar-refractivity contribution is 0.0543. The first-order chi connectivity index (χ1) is 8.20. The van der Waals surface area contributed by atoms with Gasteiger partial charge in [-0.2, -0.15) is 0 Å². The molecule has 0 aromatic rings. The molecule has 1 N–H and O–H groups in total. The third-order valence-electron chi connectivity index (χ3n) is 4.58. The molecule has 0 bridgehead atoms. The van der Waals surface area contributed by atoms with Crippen LogP contribution in [0, 0.1) is 0 Å². The molecule has 0 amide bonds. The van der Waals surface area contributed by atoms with Crippen molar-refractivity contribution >= 4 is 0 Å². The number of piperidine rings is 2. The molecule has 0 radical (unpaired) electrons. The van der Waals surface area contributed by atoms with Crippen molar-refractivity contribution in [2.24, 2.45) is 0 Å². The maximum absolute atomic E-state index is 3.67. The standard InChI is InChI=1S/C15H30N2/c1-4-7-14-8-5-6-9-17(14)15-10-12(2)16-13(3)11-15/h12-16H,4-11H2,1-3H3. The highest BCUT2D eigenvalue weighted by molar-refractivity contribution is 4.90. The number of nitrogens with zero attached hydrogens (tertiary/aromatic N) is 1. The molecule has 2 saturated heterocycles. The van der Waals surface area contributed by atoms with Crippen molar-refractivity contribution in [3.8, 4) is 0 Å². The summed E-state index contributed by atoms with van der Waals surface area (Å²) in [5, 5.41) is 3.67. The van der Waals surface area contributed by atoms with Crippen LogP contribution in [0.3, 0.4) is 0 Å². The van der Waals surface area contributed by atoms with E-state index in [4.69, 9.17) is 0 Å². The molecule has 0 spiro atoms. The van der Waals surface area contributed by atoms with Gasteiger partial charge in [0.1, 0.15) is 0 Å². The molecule has 2 nitrogen and oxygen atoms in total. The topological polar surface area (TPSA) is 15.3 Å². The molecule has 2 fully saturated rings. The fraction of sp³-hybridized carbons (Fsp3) is 1.00. The van der Waals surface area contributed by atoms with Gasteiger partial charge in [-0.3, -0.25) is 4.90 Å². The molecule has 100 valence electrons. The van der Waals surface area contributed by atoms with Gasteiger partial charge in [0.15, 0.2) is 0 Å². The zero-order chi connectivity index (χ0) is 12.3. The van der Waals surface area contributed by atoms with Gasteiger partial charge in [0.05, 0.1) is 0 Å². The molecular weight excluding hydrogens is 208 g/mol. The zero-order valence-corrected chi connectivity index (χ0v) is 11.9. The third kappa shape index (κ3) is 3.45. The highest BCUT2D eigenvalue weighted by Gasteiger charge is 2.32. The van der Waals surface area contributed by atoms with E-state index >= 15 is 0 Å². The molecule has 2 aliphatic heterocycles. The molecule has 2 heterocycles. The Kier molecular flexibility index (Phi) is 4.87. The summed E-state index contributed by atoms with van der Waals surface area (Å²) in [6, 6.07) is 3.13. The maximum atomic E-state index is 3.67. The van der Waals surface area contributed by atoms with E-state index in [9.17, 15) is 0 Å². The van der Waals surface area contributed by atoms with E-state index in [1.54, 1.807) is 0 Å². The molecule has 0 aliphatic carbocycles. The van der Waals surface area contributed by atoms with E-state index in [1.807, 2.05) is 0 Å². The molecule has 0 saturated carbocycles. The van der Waals surface area contributed by atoms with E-state index in [1.165, 1.54) is 51.5 Å². The third-order valence-corrected chi connectivity index (χ3v) is 4.58. The summed E-state index contributed by atoms with van der Waals surface area (Å²) in [5.41, 5.74) is 0. The van der Waals surface area contributed by atoms with E-state index in [-0.39, 0.29) is 0 Å². The lowest BCUT2D eigenvalue weighted by Crippen LogP contribution is -2.54. The molecule has 2 aliphatic rings. The number of hydrogen-bond acceptors (Lipinski definition) is 2. The number of likely N-dealkylation sites (tertiary alicyclic amines) is 1. The van der Waals surface area contributed by atoms with Crippen LogP contribution >= 0.6 is 0 Å². The van der Waals surface area contributed by atoms with E-state index < -0.39 is 0 Å². The Labute approximate surface area is 107 Å². The van der Waals surface area contributed by atoms with Crippen molar-refractivity contribution < 1.29 is 0 Å². The van der Waals surface area contributed by atoms with Crippen molar-refractivity contribution in [3.63, 3.8) is 0 Å². The minimum atomic E-state index is 0.702. The summed E-state index contributed by atoms with van der Waals surface area (Å²) in [4.78, 5) is 2.86. The summed E-state index contributed by atoms with van der Waals surface area (Å²) in [6.07, 6.45) is 9.78. The molecule has 2 heteroatoms. The largest absolute Gasteiger partial charge is 0.312 e. The van der Waals surface area contributed by atoms with Gasteiger partial charge in [-0.1, -0.05) is 19.8 Å². The Morgan fingerprint density at radius 1 is 1.12 bits per heavy atom. The first-order valence-electron chi connectivity index (χ1n) is 7.72. The van der Waals surface area contributed by atoms with Gasteiger partial charge < -0.3 is 5.32 Å². The van der Waals surface area contributed by atoms with Crippen LogP contribution in [0.15, 0.2) is 0 Å². The van der Waals surface area contributed by atoms with Crippen molar-refractivity contribution in [2.45, 2.75) is 89.9 Å². The van der Waals surface area contributed by atoms with Crippen molar-refractivity contribution in [1.82, 2.24) is 10.2 Å². The molecular formula is C15H30N2. The number of hydrogen-bond donors (Lipinski definition) is 1. The highest BCUT2D eigenvalue weighted by atomic mass is 15.2. The SMILES string of the molecule is CCCC1CCCCN1C1CC(C)NC(C)C1. The second kappa shape index (κ2) is 6.19. The Hall–Kier alpha value is -0.0800. The van der Waals surface area contributed by atoms with Gasteiger partial charge in [0, 0.05) is 24.2 Å². The Bertz CT molecular complexity index is 217. The quantitative estimate of drug-likeness (QED) is 0.812. The highest BCUT2D eigenvalue weighted by Crippen LogP contribution is 2.28. The summed E-state index contributed by atoms with van der Waals surface area (Å²) in [6.45, 7) is 8.39. The van der Waals surface area contributed by atoms with Crippen molar-refractivity contribution in [1.29, 1.82) is 0 Å². The smallest absolute Gasteiger partial charge is 0.0128 e. The van der Waals surface area contributed by atoms with Gasteiger partial charge in [-0.25, -0.2) is 0 Å². The average molecular weight is 238 g/mol. The van der Waals surface area contributed by atoms with E-state index in [0.29, 0.717) is 12.1 Å². The van der Waals surface area contributed by atoms with E-state index in [2.05, 4.69) is 31.0 Å². The number of nitrogens with one attached hydrogen (secondary N) is 1. The first-order valence-corrected chi connectivity index (χ1v) is 7.72. The van der Waals surface area contributed by atoms with Crippen LogP contribution in [0.1, 0.15) is 65.7 Å². The van der Waals surface area contributed by atoms with Gasteiger partial charge in [0.25, 0.3) is 0 Å². The Morgan fingerprint density at radius 2 is 1.82 bits per heavy atom. The minimum absolute atomic E-state index is 0.702. The van der Waals surface area contributed by atoms with Crippen molar-refractivity contribution in [2.75, 3.05) is 6.54 Å². The van der Waals surface area contributed by atoms with Crippen LogP contribution in [0.25, 0.3) is 0 Å². The van der Waals surface area contributed by atoms with Crippen LogP contribution in [-0.2, 0) is 0 Å². The monoisotopic (exact) mass is 238 g/mol. The molecule has 2 rings (SSSR count). The first kappa shape index (κ1) is 13.4. The lowest BCUT2D eigenvalue weighted by Gasteiger charge is -2.46. The van der Waals surface area contributed by atoms with Crippen LogP contribution in [0.4, 0.5) is 0 Å². The van der Waals surface area contributed by atoms with Crippen LogP contribution in [0.5, 0.6) is 0 Å². The van der Waals surface area contributed by atoms with Gasteiger partial charge in [-0.15, -0.1) is 0 Å². The van der Waals surface area contributed by atoms with Crippen LogP contribution < -0.4 is 5.32 Å². The summed E-state index contributed by atoms with van der Waals surface area (Å²) < 4.78 is 0. The predicted octanol–water partition coefficient (Wildman–Crippen LogP) is 3.17. The molecule has 0 aromatic carbocycles. The second-order valence-corrected chi connectivity index (χ2v) is 6.27. The summed E-state index contributed by atoms with van der Waals surface area (Å²) >= 11 is 0. The molecule has 0 aromatic heterocycles. The van der Waals surface area contributed by atoms with Crippen molar-refractivity contribution in [3.05, 3.63) is 0 Å². The molecule has 3 atom stereocenters. The molecule has 17 heavy (non-hydrogen) atoms. The Balaban J connectivity index is 1.97. The van der Waals surface area contributed by atoms with Crippen LogP contribution in [0.2, 0.25) is 0 Å². The predicted molar refractivity (Wildman–Crippen MR) is 74.3 cm³/mol. The minimum Gasteiger partial charge on any atom is -0.312 e. The maximum Gasteiger partial charge on any atom is 0.0128 e. The fourth-order valence-electron chi connectivity index (χ4n) is 3.95. The lowest BCUT2D eigenvalue weighted by atomic mass is 9.89. The normalized spacial score (nSPS) is 40.4. The van der Waals surface area contributed by atoms with Crippen LogP contribution in [-0.4, -0.2) is 35.6 Å². The van der Waals surface area contributed by atoms with Gasteiger partial charge in [0.2, 0.25) is 0 Å². The summed E-state index contributed by atoms with van der Waals surface area (Å²) in [7, 11) is 0. The summed E-state index contributed by atoms with van der Waals surface area (Å²) in [5.74, 6) is 0.